The van der Waals surface area contributed by atoms with E-state index in [2.05, 4.69) is 11.4 Å². The molecule has 0 saturated heterocycles. The van der Waals surface area contributed by atoms with E-state index in [4.69, 9.17) is 15.3 Å². The third-order valence-electron chi connectivity index (χ3n) is 3.19. The third kappa shape index (κ3) is 4.59. The van der Waals surface area contributed by atoms with Crippen molar-refractivity contribution in [2.75, 3.05) is 0 Å². The predicted octanol–water partition coefficient (Wildman–Crippen LogP) is 2.51. The first-order valence-electron chi connectivity index (χ1n) is 7.06. The van der Waals surface area contributed by atoms with Crippen LogP contribution in [0.25, 0.3) is 0 Å². The topological polar surface area (TPSA) is 85.9 Å². The lowest BCUT2D eigenvalue weighted by atomic mass is 10.1. The number of ether oxygens (including phenoxy) is 1. The van der Waals surface area contributed by atoms with Gasteiger partial charge in [-0.2, -0.15) is 10.5 Å². The monoisotopic (exact) mass is 305 g/mol. The van der Waals surface area contributed by atoms with E-state index in [9.17, 15) is 4.79 Å². The number of benzene rings is 2. The van der Waals surface area contributed by atoms with Crippen LogP contribution in [0.2, 0.25) is 0 Å². The second kappa shape index (κ2) is 7.63. The summed E-state index contributed by atoms with van der Waals surface area (Å²) in [7, 11) is 0. The summed E-state index contributed by atoms with van der Waals surface area (Å²) in [6.07, 6.45) is -0.665. The molecular formula is C18H15N3O2. The molecule has 1 N–H and O–H groups in total. The zero-order valence-electron chi connectivity index (χ0n) is 12.6. The minimum Gasteiger partial charge on any atom is -0.481 e. The van der Waals surface area contributed by atoms with Gasteiger partial charge in [-0.25, -0.2) is 0 Å². The van der Waals surface area contributed by atoms with Gasteiger partial charge in [0.05, 0.1) is 23.3 Å². The highest BCUT2D eigenvalue weighted by molar-refractivity contribution is 5.80. The van der Waals surface area contributed by atoms with E-state index in [0.717, 1.165) is 5.56 Å². The highest BCUT2D eigenvalue weighted by atomic mass is 16.5. The third-order valence-corrected chi connectivity index (χ3v) is 3.19. The fourth-order valence-corrected chi connectivity index (χ4v) is 1.95. The highest BCUT2D eigenvalue weighted by Gasteiger charge is 2.14. The Morgan fingerprint density at radius 3 is 2.48 bits per heavy atom. The zero-order valence-corrected chi connectivity index (χ0v) is 12.6. The first-order chi connectivity index (χ1) is 11.1. The van der Waals surface area contributed by atoms with Crippen LogP contribution in [-0.4, -0.2) is 12.0 Å². The van der Waals surface area contributed by atoms with Gasteiger partial charge in [0, 0.05) is 6.54 Å². The molecule has 114 valence electrons. The fourth-order valence-electron chi connectivity index (χ4n) is 1.95. The average molecular weight is 305 g/mol. The summed E-state index contributed by atoms with van der Waals surface area (Å²) < 4.78 is 5.54. The van der Waals surface area contributed by atoms with E-state index in [0.29, 0.717) is 23.4 Å². The van der Waals surface area contributed by atoms with Gasteiger partial charge < -0.3 is 10.1 Å². The van der Waals surface area contributed by atoms with Crippen molar-refractivity contribution in [2.24, 2.45) is 0 Å². The maximum Gasteiger partial charge on any atom is 0.261 e. The van der Waals surface area contributed by atoms with Crippen molar-refractivity contribution in [3.63, 3.8) is 0 Å². The Hall–Kier alpha value is -3.31. The Kier molecular flexibility index (Phi) is 5.33. The first-order valence-corrected chi connectivity index (χ1v) is 7.06. The van der Waals surface area contributed by atoms with Crippen molar-refractivity contribution in [1.82, 2.24) is 5.32 Å². The molecule has 0 saturated carbocycles. The minimum absolute atomic E-state index is 0.253. The summed E-state index contributed by atoms with van der Waals surface area (Å²) in [6.45, 7) is 1.98. The molecule has 1 atom stereocenters. The van der Waals surface area contributed by atoms with E-state index in [1.165, 1.54) is 0 Å². The van der Waals surface area contributed by atoms with E-state index >= 15 is 0 Å². The number of carbonyl (C=O) groups is 1. The number of amides is 1. The highest BCUT2D eigenvalue weighted by Crippen LogP contribution is 2.13. The van der Waals surface area contributed by atoms with Gasteiger partial charge in [0.1, 0.15) is 5.75 Å². The minimum atomic E-state index is -0.665. The van der Waals surface area contributed by atoms with E-state index in [1.807, 2.05) is 12.1 Å². The molecule has 2 rings (SSSR count). The van der Waals surface area contributed by atoms with Crippen LogP contribution in [0, 0.1) is 22.7 Å². The summed E-state index contributed by atoms with van der Waals surface area (Å²) in [5.74, 6) is 0.273. The number of rotatable bonds is 5. The molecule has 0 radical (unpaired) electrons. The van der Waals surface area contributed by atoms with Gasteiger partial charge in [0.2, 0.25) is 0 Å². The van der Waals surface area contributed by atoms with Crippen molar-refractivity contribution in [1.29, 1.82) is 10.5 Å². The van der Waals surface area contributed by atoms with Crippen LogP contribution in [0.1, 0.15) is 23.6 Å². The number of nitrogens with zero attached hydrogens (tertiary/aromatic N) is 2. The largest absolute Gasteiger partial charge is 0.481 e. The molecule has 0 bridgehead atoms. The lowest BCUT2D eigenvalue weighted by molar-refractivity contribution is -0.127. The molecule has 23 heavy (non-hydrogen) atoms. The molecule has 2 aromatic carbocycles. The number of carbonyl (C=O) groups excluding carboxylic acids is 1. The van der Waals surface area contributed by atoms with Gasteiger partial charge >= 0.3 is 0 Å². The molecular weight excluding hydrogens is 290 g/mol. The van der Waals surface area contributed by atoms with Gasteiger partial charge in [0.15, 0.2) is 6.10 Å². The number of hydrogen-bond donors (Lipinski definition) is 1. The second-order valence-corrected chi connectivity index (χ2v) is 4.93. The molecule has 0 aliphatic rings. The Bertz CT molecular complexity index is 770. The Morgan fingerprint density at radius 1 is 1.13 bits per heavy atom. The quantitative estimate of drug-likeness (QED) is 0.919. The molecule has 0 aromatic heterocycles. The molecule has 0 spiro atoms. The first kappa shape index (κ1) is 16.1. The van der Waals surface area contributed by atoms with Crippen molar-refractivity contribution < 1.29 is 9.53 Å². The SMILES string of the molecule is CC(Oc1ccc(C#N)cc1)C(=O)NCc1cccc(C#N)c1. The van der Waals surface area contributed by atoms with Gasteiger partial charge in [-0.3, -0.25) is 4.79 Å². The summed E-state index contributed by atoms with van der Waals surface area (Å²) in [5, 5.41) is 20.4. The van der Waals surface area contributed by atoms with E-state index in [1.54, 1.807) is 49.4 Å². The van der Waals surface area contributed by atoms with Crippen LogP contribution < -0.4 is 10.1 Å². The molecule has 0 heterocycles. The zero-order chi connectivity index (χ0) is 16.7. The maximum absolute atomic E-state index is 12.0. The number of nitriles is 2. The van der Waals surface area contributed by atoms with Crippen LogP contribution in [-0.2, 0) is 11.3 Å². The molecule has 0 fully saturated rings. The molecule has 1 unspecified atom stereocenters. The average Bonchev–Trinajstić information content (AvgIpc) is 2.60. The van der Waals surface area contributed by atoms with Crippen molar-refractivity contribution >= 4 is 5.91 Å². The molecule has 5 heteroatoms. The molecule has 0 aliphatic heterocycles. The van der Waals surface area contributed by atoms with Gasteiger partial charge in [-0.1, -0.05) is 12.1 Å². The maximum atomic E-state index is 12.0. The normalized spacial score (nSPS) is 10.9. The molecule has 1 amide bonds. The van der Waals surface area contributed by atoms with Gasteiger partial charge in [-0.15, -0.1) is 0 Å². The van der Waals surface area contributed by atoms with Crippen molar-refractivity contribution in [2.45, 2.75) is 19.6 Å². The fraction of sp³-hybridized carbons (Fsp3) is 0.167. The Labute approximate surface area is 134 Å². The van der Waals surface area contributed by atoms with Crippen LogP contribution in [0.4, 0.5) is 0 Å². The van der Waals surface area contributed by atoms with Crippen molar-refractivity contribution in [3.8, 4) is 17.9 Å². The van der Waals surface area contributed by atoms with Gasteiger partial charge in [0.25, 0.3) is 5.91 Å². The van der Waals surface area contributed by atoms with Crippen LogP contribution in [0.3, 0.4) is 0 Å². The van der Waals surface area contributed by atoms with Crippen LogP contribution in [0.15, 0.2) is 48.5 Å². The Morgan fingerprint density at radius 2 is 1.83 bits per heavy atom. The summed E-state index contributed by atoms with van der Waals surface area (Å²) in [5.41, 5.74) is 1.94. The standard InChI is InChI=1S/C18H15N3O2/c1-13(23-17-7-5-14(10-19)6-8-17)18(22)21-12-16-4-2-3-15(9-16)11-20/h2-9,13H,12H2,1H3,(H,21,22). The molecule has 5 nitrogen and oxygen atoms in total. The van der Waals surface area contributed by atoms with E-state index in [-0.39, 0.29) is 5.91 Å². The number of hydrogen-bond acceptors (Lipinski definition) is 4. The lowest BCUT2D eigenvalue weighted by Gasteiger charge is -2.14. The number of nitrogens with one attached hydrogen (secondary N) is 1. The van der Waals surface area contributed by atoms with Gasteiger partial charge in [-0.05, 0) is 48.9 Å². The smallest absolute Gasteiger partial charge is 0.261 e. The molecule has 0 aliphatic carbocycles. The Balaban J connectivity index is 1.89. The van der Waals surface area contributed by atoms with Crippen LogP contribution >= 0.6 is 0 Å². The van der Waals surface area contributed by atoms with Crippen molar-refractivity contribution in [3.05, 3.63) is 65.2 Å². The second-order valence-electron chi connectivity index (χ2n) is 4.93. The predicted molar refractivity (Wildman–Crippen MR) is 84.3 cm³/mol. The summed E-state index contributed by atoms with van der Waals surface area (Å²) in [4.78, 5) is 12.0. The van der Waals surface area contributed by atoms with E-state index < -0.39 is 6.10 Å². The molecule has 2 aromatic rings. The van der Waals surface area contributed by atoms with Crippen LogP contribution in [0.5, 0.6) is 5.75 Å². The summed E-state index contributed by atoms with van der Waals surface area (Å²) in [6, 6.07) is 17.7. The summed E-state index contributed by atoms with van der Waals surface area (Å²) >= 11 is 0. The lowest BCUT2D eigenvalue weighted by Crippen LogP contribution is -2.35.